The summed E-state index contributed by atoms with van der Waals surface area (Å²) in [6.07, 6.45) is 0. The fraction of sp³-hybridized carbons (Fsp3) is 0.0667. The Balaban J connectivity index is 1.87. The van der Waals surface area contributed by atoms with Crippen LogP contribution in [-0.2, 0) is 6.61 Å². The zero-order chi connectivity index (χ0) is 13.2. The molecule has 0 saturated carbocycles. The highest BCUT2D eigenvalue weighted by Crippen LogP contribution is 2.33. The van der Waals surface area contributed by atoms with Gasteiger partial charge in [0.05, 0.1) is 10.2 Å². The number of hydrogen-bond donors (Lipinski definition) is 1. The average molecular weight is 334 g/mol. The van der Waals surface area contributed by atoms with Crippen LogP contribution in [0.5, 0.6) is 5.75 Å². The van der Waals surface area contributed by atoms with Crippen LogP contribution in [-0.4, -0.2) is 0 Å². The minimum absolute atomic E-state index is 0.525. The Morgan fingerprint density at radius 1 is 1.11 bits per heavy atom. The van der Waals surface area contributed by atoms with Gasteiger partial charge < -0.3 is 10.5 Å². The molecular weight excluding hydrogens is 322 g/mol. The summed E-state index contributed by atoms with van der Waals surface area (Å²) in [6, 6.07) is 14.0. The van der Waals surface area contributed by atoms with Crippen LogP contribution in [0, 0.1) is 0 Å². The Hall–Kier alpha value is -1.52. The SMILES string of the molecule is Nc1cccc(Br)c1OCc1csc2ccccc12. The van der Waals surface area contributed by atoms with Crippen LogP contribution < -0.4 is 10.5 Å². The molecule has 3 rings (SSSR count). The standard InChI is InChI=1S/C15H12BrNOS/c16-12-5-3-6-13(17)15(12)18-8-10-9-19-14-7-2-1-4-11(10)14/h1-7,9H,8,17H2. The van der Waals surface area contributed by atoms with Crippen LogP contribution in [0.1, 0.15) is 5.56 Å². The maximum atomic E-state index is 5.92. The van der Waals surface area contributed by atoms with E-state index in [1.807, 2.05) is 24.3 Å². The summed E-state index contributed by atoms with van der Waals surface area (Å²) in [5, 5.41) is 3.38. The number of hydrogen-bond acceptors (Lipinski definition) is 3. The lowest BCUT2D eigenvalue weighted by Gasteiger charge is -2.10. The Bertz CT molecular complexity index is 703. The molecule has 19 heavy (non-hydrogen) atoms. The predicted molar refractivity (Wildman–Crippen MR) is 84.7 cm³/mol. The Morgan fingerprint density at radius 2 is 1.95 bits per heavy atom. The molecule has 0 saturated heterocycles. The van der Waals surface area contributed by atoms with Gasteiger partial charge in [-0.05, 0) is 44.9 Å². The van der Waals surface area contributed by atoms with Crippen molar-refractivity contribution in [2.75, 3.05) is 5.73 Å². The lowest BCUT2D eigenvalue weighted by Crippen LogP contribution is -1.98. The molecule has 0 aliphatic carbocycles. The summed E-state index contributed by atoms with van der Waals surface area (Å²) < 4.78 is 8.02. The number of thiophene rings is 1. The number of nitrogens with two attached hydrogens (primary N) is 1. The largest absolute Gasteiger partial charge is 0.486 e. The zero-order valence-electron chi connectivity index (χ0n) is 10.1. The first-order valence-corrected chi connectivity index (χ1v) is 7.55. The van der Waals surface area contributed by atoms with Crippen molar-refractivity contribution >= 4 is 43.0 Å². The molecule has 1 heterocycles. The second-order valence-electron chi connectivity index (χ2n) is 4.20. The summed E-state index contributed by atoms with van der Waals surface area (Å²) in [7, 11) is 0. The molecule has 0 unspecified atom stereocenters. The number of benzene rings is 2. The molecule has 0 amide bonds. The first-order chi connectivity index (χ1) is 9.25. The van der Waals surface area contributed by atoms with Crippen molar-refractivity contribution in [3.63, 3.8) is 0 Å². The maximum absolute atomic E-state index is 5.92. The highest BCUT2D eigenvalue weighted by Gasteiger charge is 2.08. The number of fused-ring (bicyclic) bond motifs is 1. The van der Waals surface area contributed by atoms with Crippen molar-refractivity contribution in [3.05, 3.63) is 57.9 Å². The molecule has 2 nitrogen and oxygen atoms in total. The van der Waals surface area contributed by atoms with Crippen LogP contribution >= 0.6 is 27.3 Å². The maximum Gasteiger partial charge on any atom is 0.156 e. The number of rotatable bonds is 3. The van der Waals surface area contributed by atoms with Crippen LogP contribution in [0.25, 0.3) is 10.1 Å². The molecule has 0 radical (unpaired) electrons. The fourth-order valence-corrected chi connectivity index (χ4v) is 3.42. The van der Waals surface area contributed by atoms with Gasteiger partial charge >= 0.3 is 0 Å². The molecular formula is C15H12BrNOS. The van der Waals surface area contributed by atoms with E-state index in [0.29, 0.717) is 18.0 Å². The van der Waals surface area contributed by atoms with E-state index in [4.69, 9.17) is 10.5 Å². The highest BCUT2D eigenvalue weighted by molar-refractivity contribution is 9.10. The lowest BCUT2D eigenvalue weighted by atomic mass is 10.2. The van der Waals surface area contributed by atoms with E-state index in [-0.39, 0.29) is 0 Å². The Morgan fingerprint density at radius 3 is 2.79 bits per heavy atom. The molecule has 0 atom stereocenters. The van der Waals surface area contributed by atoms with Crippen molar-refractivity contribution in [3.8, 4) is 5.75 Å². The van der Waals surface area contributed by atoms with E-state index in [0.717, 1.165) is 4.47 Å². The topological polar surface area (TPSA) is 35.2 Å². The molecule has 96 valence electrons. The summed E-state index contributed by atoms with van der Waals surface area (Å²) in [5.41, 5.74) is 7.76. The number of nitrogen functional groups attached to an aromatic ring is 1. The molecule has 0 bridgehead atoms. The minimum Gasteiger partial charge on any atom is -0.486 e. The second-order valence-corrected chi connectivity index (χ2v) is 5.97. The molecule has 2 N–H and O–H groups in total. The molecule has 0 fully saturated rings. The van der Waals surface area contributed by atoms with Gasteiger partial charge in [-0.2, -0.15) is 0 Å². The minimum atomic E-state index is 0.525. The van der Waals surface area contributed by atoms with Gasteiger partial charge in [-0.3, -0.25) is 0 Å². The van der Waals surface area contributed by atoms with Crippen molar-refractivity contribution in [2.24, 2.45) is 0 Å². The van der Waals surface area contributed by atoms with Crippen LogP contribution in [0.3, 0.4) is 0 Å². The summed E-state index contributed by atoms with van der Waals surface area (Å²) in [5.74, 6) is 0.706. The summed E-state index contributed by atoms with van der Waals surface area (Å²) in [4.78, 5) is 0. The van der Waals surface area contributed by atoms with E-state index in [1.54, 1.807) is 11.3 Å². The quantitative estimate of drug-likeness (QED) is 0.697. The molecule has 0 spiro atoms. The lowest BCUT2D eigenvalue weighted by molar-refractivity contribution is 0.308. The van der Waals surface area contributed by atoms with Crippen molar-refractivity contribution in [2.45, 2.75) is 6.61 Å². The molecule has 4 heteroatoms. The third-order valence-electron chi connectivity index (χ3n) is 2.93. The normalized spacial score (nSPS) is 10.8. The van der Waals surface area contributed by atoms with Crippen molar-refractivity contribution in [1.29, 1.82) is 0 Å². The number of para-hydroxylation sites is 1. The first kappa shape index (κ1) is 12.5. The molecule has 1 aromatic heterocycles. The van der Waals surface area contributed by atoms with Gasteiger partial charge in [0.15, 0.2) is 5.75 Å². The van der Waals surface area contributed by atoms with E-state index in [2.05, 4.69) is 39.5 Å². The van der Waals surface area contributed by atoms with Crippen LogP contribution in [0.15, 0.2) is 52.3 Å². The molecule has 0 aliphatic heterocycles. The van der Waals surface area contributed by atoms with Gasteiger partial charge in [-0.1, -0.05) is 24.3 Å². The number of halogens is 1. The van der Waals surface area contributed by atoms with E-state index >= 15 is 0 Å². The number of anilines is 1. The zero-order valence-corrected chi connectivity index (χ0v) is 12.5. The van der Waals surface area contributed by atoms with Crippen LogP contribution in [0.4, 0.5) is 5.69 Å². The van der Waals surface area contributed by atoms with Gasteiger partial charge in [-0.15, -0.1) is 11.3 Å². The van der Waals surface area contributed by atoms with Gasteiger partial charge in [0.2, 0.25) is 0 Å². The second kappa shape index (κ2) is 5.23. The fourth-order valence-electron chi connectivity index (χ4n) is 1.97. The summed E-state index contributed by atoms with van der Waals surface area (Å²) in [6.45, 7) is 0.525. The van der Waals surface area contributed by atoms with Gasteiger partial charge in [0.1, 0.15) is 6.61 Å². The van der Waals surface area contributed by atoms with Crippen molar-refractivity contribution < 1.29 is 4.74 Å². The van der Waals surface area contributed by atoms with Crippen LogP contribution in [0.2, 0.25) is 0 Å². The summed E-state index contributed by atoms with van der Waals surface area (Å²) >= 11 is 5.19. The Labute approximate surface area is 123 Å². The van der Waals surface area contributed by atoms with E-state index in [9.17, 15) is 0 Å². The van der Waals surface area contributed by atoms with E-state index in [1.165, 1.54) is 15.6 Å². The van der Waals surface area contributed by atoms with Gasteiger partial charge in [0, 0.05) is 10.3 Å². The van der Waals surface area contributed by atoms with Crippen molar-refractivity contribution in [1.82, 2.24) is 0 Å². The highest BCUT2D eigenvalue weighted by atomic mass is 79.9. The molecule has 3 aromatic rings. The third-order valence-corrected chi connectivity index (χ3v) is 4.57. The monoisotopic (exact) mass is 333 g/mol. The number of ether oxygens (including phenoxy) is 1. The first-order valence-electron chi connectivity index (χ1n) is 5.87. The van der Waals surface area contributed by atoms with Gasteiger partial charge in [-0.25, -0.2) is 0 Å². The average Bonchev–Trinajstić information content (AvgIpc) is 2.82. The smallest absolute Gasteiger partial charge is 0.156 e. The van der Waals surface area contributed by atoms with E-state index < -0.39 is 0 Å². The van der Waals surface area contributed by atoms with Gasteiger partial charge in [0.25, 0.3) is 0 Å². The molecule has 2 aromatic carbocycles. The third kappa shape index (κ3) is 2.46. The Kier molecular flexibility index (Phi) is 3.44. The molecule has 0 aliphatic rings. The predicted octanol–water partition coefficient (Wildman–Crippen LogP) is 4.83.